The molecule has 2 heterocycles. The largest absolute Gasteiger partial charge is 0.469 e. The molecule has 11 nitrogen and oxygen atoms in total. The summed E-state index contributed by atoms with van der Waals surface area (Å²) in [6.07, 6.45) is -3.93. The van der Waals surface area contributed by atoms with Crippen LogP contribution < -0.4 is 11.5 Å². The predicted molar refractivity (Wildman–Crippen MR) is 76.4 cm³/mol. The molecule has 13 heteroatoms. The zero-order valence-corrected chi connectivity index (χ0v) is 12.7. The van der Waals surface area contributed by atoms with Gasteiger partial charge in [0.2, 0.25) is 0 Å². The van der Waals surface area contributed by atoms with Crippen LogP contribution in [0, 0.1) is 0 Å². The van der Waals surface area contributed by atoms with E-state index in [-0.39, 0.29) is 16.5 Å². The molecule has 2 rings (SSSR count). The molecule has 0 spiro atoms. The molecule has 0 radical (unpaired) electrons. The Bertz CT molecular complexity index is 619. The summed E-state index contributed by atoms with van der Waals surface area (Å²) in [6, 6.07) is 0. The Balaban J connectivity index is 2.16. The molecule has 124 valence electrons. The lowest BCUT2D eigenvalue weighted by molar-refractivity contribution is -0.0510. The van der Waals surface area contributed by atoms with Crippen LogP contribution in [-0.4, -0.2) is 59.5 Å². The van der Waals surface area contributed by atoms with E-state index in [0.717, 1.165) is 0 Å². The molecule has 0 aromatic carbocycles. The summed E-state index contributed by atoms with van der Waals surface area (Å²) in [6.45, 7) is -0.615. The number of nitrogens with two attached hydrogens (primary N) is 2. The summed E-state index contributed by atoms with van der Waals surface area (Å²) < 4.78 is 21.5. The summed E-state index contributed by atoms with van der Waals surface area (Å²) in [4.78, 5) is 21.1. The fourth-order valence-electron chi connectivity index (χ4n) is 2.03. The average molecular weight is 354 g/mol. The second-order valence-electron chi connectivity index (χ2n) is 4.58. The molecule has 1 aliphatic rings. The molecule has 4 atom stereocenters. The van der Waals surface area contributed by atoms with Gasteiger partial charge in [-0.05, 0) is 0 Å². The lowest BCUT2D eigenvalue weighted by atomic mass is 10.1. The number of ether oxygens (including phenoxy) is 1. The van der Waals surface area contributed by atoms with Gasteiger partial charge in [0, 0.05) is 0 Å². The minimum absolute atomic E-state index is 0.0281. The van der Waals surface area contributed by atoms with E-state index in [9.17, 15) is 14.8 Å². The summed E-state index contributed by atoms with van der Waals surface area (Å²) in [5, 5.41) is 19.9. The van der Waals surface area contributed by atoms with Gasteiger partial charge >= 0.3 is 7.82 Å². The van der Waals surface area contributed by atoms with Crippen molar-refractivity contribution in [2.24, 2.45) is 5.73 Å². The predicted octanol–water partition coefficient (Wildman–Crippen LogP) is -2.17. The number of imidazole rings is 1. The zero-order chi connectivity index (χ0) is 16.7. The maximum Gasteiger partial charge on any atom is 0.469 e. The number of phosphoric ester groups is 1. The van der Waals surface area contributed by atoms with Crippen LogP contribution in [0.2, 0.25) is 0 Å². The van der Waals surface area contributed by atoms with Crippen molar-refractivity contribution in [3.8, 4) is 0 Å². The Hall–Kier alpha value is -1.11. The van der Waals surface area contributed by atoms with E-state index in [1.807, 2.05) is 0 Å². The van der Waals surface area contributed by atoms with Crippen molar-refractivity contribution >= 4 is 30.8 Å². The molecule has 1 fully saturated rings. The lowest BCUT2D eigenvalue weighted by Gasteiger charge is -2.17. The topological polar surface area (TPSA) is 186 Å². The molecule has 0 amide bonds. The SMILES string of the molecule is NC(=S)c1ncn([C@@H]2O[C@H](COP(=O)(O)O)[C@@H](O)[C@H]2O)c1N. The van der Waals surface area contributed by atoms with Gasteiger partial charge in [0.1, 0.15) is 34.8 Å². The Labute approximate surface area is 129 Å². The number of hydrogen-bond acceptors (Lipinski definition) is 8. The quantitative estimate of drug-likeness (QED) is 0.249. The minimum atomic E-state index is -4.72. The van der Waals surface area contributed by atoms with Gasteiger partial charge in [-0.1, -0.05) is 12.2 Å². The molecule has 1 aromatic rings. The summed E-state index contributed by atoms with van der Waals surface area (Å²) >= 11 is 4.76. The van der Waals surface area contributed by atoms with Crippen LogP contribution in [-0.2, 0) is 13.8 Å². The highest BCUT2D eigenvalue weighted by Gasteiger charge is 2.45. The molecule has 0 saturated carbocycles. The lowest BCUT2D eigenvalue weighted by Crippen LogP contribution is -2.33. The monoisotopic (exact) mass is 354 g/mol. The Morgan fingerprint density at radius 1 is 1.50 bits per heavy atom. The van der Waals surface area contributed by atoms with Crippen LogP contribution in [0.3, 0.4) is 0 Å². The maximum absolute atomic E-state index is 10.7. The molecule has 0 unspecified atom stereocenters. The first-order valence-corrected chi connectivity index (χ1v) is 7.89. The number of nitrogens with zero attached hydrogens (tertiary/aromatic N) is 2. The summed E-state index contributed by atoms with van der Waals surface area (Å²) in [5.41, 5.74) is 11.3. The zero-order valence-electron chi connectivity index (χ0n) is 11.0. The van der Waals surface area contributed by atoms with Crippen LogP contribution in [0.1, 0.15) is 11.9 Å². The molecular weight excluding hydrogens is 339 g/mol. The molecular formula is C9H15N4O7PS. The van der Waals surface area contributed by atoms with Gasteiger partial charge in [0.05, 0.1) is 12.9 Å². The molecule has 22 heavy (non-hydrogen) atoms. The van der Waals surface area contributed by atoms with Gasteiger partial charge in [-0.3, -0.25) is 9.09 Å². The van der Waals surface area contributed by atoms with Crippen molar-refractivity contribution in [3.63, 3.8) is 0 Å². The third kappa shape index (κ3) is 3.45. The standard InChI is InChI=1S/C9H15N4O7PS/c10-7-4(8(11)22)12-2-13(7)9-6(15)5(14)3(20-9)1-19-21(16,17)18/h2-3,5-6,9,14-15H,1,10H2,(H2,11,22)(H2,16,17,18)/t3-,5-,6-,9-/m1/s1. The number of aliphatic hydroxyl groups is 2. The first-order chi connectivity index (χ1) is 10.1. The van der Waals surface area contributed by atoms with Crippen molar-refractivity contribution in [3.05, 3.63) is 12.0 Å². The van der Waals surface area contributed by atoms with Crippen molar-refractivity contribution in [2.45, 2.75) is 24.5 Å². The number of aromatic nitrogens is 2. The van der Waals surface area contributed by atoms with E-state index in [0.29, 0.717) is 0 Å². The van der Waals surface area contributed by atoms with E-state index < -0.39 is 39.0 Å². The average Bonchev–Trinajstić information content (AvgIpc) is 2.90. The highest BCUT2D eigenvalue weighted by Crippen LogP contribution is 2.38. The molecule has 0 aliphatic carbocycles. The van der Waals surface area contributed by atoms with Gasteiger partial charge in [0.25, 0.3) is 0 Å². The third-order valence-corrected chi connectivity index (χ3v) is 3.76. The fourth-order valence-corrected chi connectivity index (χ4v) is 2.53. The minimum Gasteiger partial charge on any atom is -0.388 e. The van der Waals surface area contributed by atoms with Gasteiger partial charge < -0.3 is 36.2 Å². The highest BCUT2D eigenvalue weighted by molar-refractivity contribution is 7.80. The van der Waals surface area contributed by atoms with Crippen LogP contribution in [0.15, 0.2) is 6.33 Å². The van der Waals surface area contributed by atoms with Gasteiger partial charge in [-0.15, -0.1) is 0 Å². The third-order valence-electron chi connectivity index (χ3n) is 3.08. The Kier molecular flexibility index (Phi) is 4.84. The molecule has 0 bridgehead atoms. The van der Waals surface area contributed by atoms with Crippen LogP contribution in [0.4, 0.5) is 5.82 Å². The molecule has 1 aliphatic heterocycles. The molecule has 1 saturated heterocycles. The van der Waals surface area contributed by atoms with E-state index in [2.05, 4.69) is 9.51 Å². The van der Waals surface area contributed by atoms with Crippen molar-refractivity contribution in [1.82, 2.24) is 9.55 Å². The van der Waals surface area contributed by atoms with E-state index in [1.165, 1.54) is 10.9 Å². The van der Waals surface area contributed by atoms with E-state index >= 15 is 0 Å². The number of rotatable bonds is 5. The second-order valence-corrected chi connectivity index (χ2v) is 6.26. The Morgan fingerprint density at radius 2 is 2.14 bits per heavy atom. The number of thiocarbonyl (C=S) groups is 1. The highest BCUT2D eigenvalue weighted by atomic mass is 32.1. The number of phosphoric acid groups is 1. The number of hydrogen-bond donors (Lipinski definition) is 6. The first kappa shape index (κ1) is 17.2. The van der Waals surface area contributed by atoms with Gasteiger partial charge in [0.15, 0.2) is 6.23 Å². The van der Waals surface area contributed by atoms with Crippen LogP contribution >= 0.6 is 20.0 Å². The van der Waals surface area contributed by atoms with Gasteiger partial charge in [-0.2, -0.15) is 0 Å². The number of aliphatic hydroxyl groups excluding tert-OH is 2. The summed E-state index contributed by atoms with van der Waals surface area (Å²) in [7, 11) is -4.72. The summed E-state index contributed by atoms with van der Waals surface area (Å²) in [5.74, 6) is 0.0281. The number of nitrogen functional groups attached to an aromatic ring is 1. The van der Waals surface area contributed by atoms with Gasteiger partial charge in [-0.25, -0.2) is 9.55 Å². The maximum atomic E-state index is 10.7. The smallest absolute Gasteiger partial charge is 0.388 e. The molecule has 1 aromatic heterocycles. The molecule has 8 N–H and O–H groups in total. The number of anilines is 1. The van der Waals surface area contributed by atoms with E-state index in [4.69, 9.17) is 38.2 Å². The van der Waals surface area contributed by atoms with Crippen molar-refractivity contribution in [2.75, 3.05) is 12.3 Å². The first-order valence-electron chi connectivity index (χ1n) is 5.95. The van der Waals surface area contributed by atoms with Crippen LogP contribution in [0.25, 0.3) is 0 Å². The van der Waals surface area contributed by atoms with Crippen molar-refractivity contribution < 1.29 is 33.8 Å². The Morgan fingerprint density at radius 3 is 2.64 bits per heavy atom. The fraction of sp³-hybridized carbons (Fsp3) is 0.556. The van der Waals surface area contributed by atoms with E-state index in [1.54, 1.807) is 0 Å². The normalized spacial score (nSPS) is 28.9. The van der Waals surface area contributed by atoms with Crippen molar-refractivity contribution in [1.29, 1.82) is 0 Å². The second kappa shape index (κ2) is 6.18. The van der Waals surface area contributed by atoms with Crippen LogP contribution in [0.5, 0.6) is 0 Å².